The fourth-order valence-corrected chi connectivity index (χ4v) is 3.90. The summed E-state index contributed by atoms with van der Waals surface area (Å²) in [5.74, 6) is -0.334. The third-order valence-electron chi connectivity index (χ3n) is 5.14. The minimum absolute atomic E-state index is 0.145. The molecule has 1 aliphatic rings. The van der Waals surface area contributed by atoms with Crippen LogP contribution in [0.15, 0.2) is 42.5 Å². The largest absolute Gasteiger partial charge is 0.454 e. The van der Waals surface area contributed by atoms with Crippen LogP contribution in [-0.2, 0) is 4.79 Å². The van der Waals surface area contributed by atoms with E-state index in [1.807, 2.05) is 19.9 Å². The lowest BCUT2D eigenvalue weighted by molar-refractivity contribution is -0.119. The Kier molecular flexibility index (Phi) is 6.31. The Bertz CT molecular complexity index is 1150. The standard InChI is InChI=1S/C22H21FN4O4S/c1-3-12(2)18(24-19(28)13-5-4-6-15(23)9-13)20(29)25-22-27-26-21(32-22)14-7-8-16-17(10-14)31-11-30-16/h4-10,12,18H,3,11H2,1-2H3,(H,24,28)(H,25,27,29). The molecule has 0 fully saturated rings. The van der Waals surface area contributed by atoms with Gasteiger partial charge in [-0.15, -0.1) is 10.2 Å². The molecule has 2 amide bonds. The lowest BCUT2D eigenvalue weighted by Crippen LogP contribution is -2.47. The van der Waals surface area contributed by atoms with Crippen LogP contribution in [0.25, 0.3) is 10.6 Å². The molecular weight excluding hydrogens is 435 g/mol. The van der Waals surface area contributed by atoms with E-state index in [9.17, 15) is 14.0 Å². The van der Waals surface area contributed by atoms with Gasteiger partial charge >= 0.3 is 0 Å². The Morgan fingerprint density at radius 3 is 2.75 bits per heavy atom. The monoisotopic (exact) mass is 456 g/mol. The van der Waals surface area contributed by atoms with E-state index in [2.05, 4.69) is 20.8 Å². The summed E-state index contributed by atoms with van der Waals surface area (Å²) in [5, 5.41) is 14.5. The number of ether oxygens (including phenoxy) is 2. The number of fused-ring (bicyclic) bond motifs is 1. The molecule has 2 heterocycles. The van der Waals surface area contributed by atoms with Gasteiger partial charge in [-0.2, -0.15) is 0 Å². The van der Waals surface area contributed by atoms with Crippen LogP contribution < -0.4 is 20.1 Å². The number of rotatable bonds is 7. The van der Waals surface area contributed by atoms with Crippen molar-refractivity contribution in [3.05, 3.63) is 53.8 Å². The van der Waals surface area contributed by atoms with Crippen molar-refractivity contribution < 1.29 is 23.5 Å². The number of hydrogen-bond acceptors (Lipinski definition) is 7. The molecule has 1 aromatic heterocycles. The maximum atomic E-state index is 13.5. The topological polar surface area (TPSA) is 102 Å². The van der Waals surface area contributed by atoms with Gasteiger partial charge in [0.2, 0.25) is 17.8 Å². The zero-order valence-electron chi connectivity index (χ0n) is 17.4. The molecule has 1 aliphatic heterocycles. The molecule has 2 aromatic carbocycles. The predicted octanol–water partition coefficient (Wildman–Crippen LogP) is 3.86. The van der Waals surface area contributed by atoms with Crippen LogP contribution >= 0.6 is 11.3 Å². The second kappa shape index (κ2) is 9.31. The fraction of sp³-hybridized carbons (Fsp3) is 0.273. The van der Waals surface area contributed by atoms with Crippen molar-refractivity contribution in [1.29, 1.82) is 0 Å². The van der Waals surface area contributed by atoms with Gasteiger partial charge in [-0.25, -0.2) is 4.39 Å². The number of halogens is 1. The number of hydrogen-bond donors (Lipinski definition) is 2. The second-order valence-electron chi connectivity index (χ2n) is 7.32. The Morgan fingerprint density at radius 1 is 1.16 bits per heavy atom. The van der Waals surface area contributed by atoms with E-state index in [4.69, 9.17) is 9.47 Å². The molecule has 0 spiro atoms. The van der Waals surface area contributed by atoms with E-state index in [-0.39, 0.29) is 18.3 Å². The van der Waals surface area contributed by atoms with E-state index >= 15 is 0 Å². The van der Waals surface area contributed by atoms with Crippen LogP contribution in [-0.4, -0.2) is 34.8 Å². The Balaban J connectivity index is 1.47. The summed E-state index contributed by atoms with van der Waals surface area (Å²) in [6, 6.07) is 9.92. The Morgan fingerprint density at radius 2 is 1.97 bits per heavy atom. The molecule has 8 nitrogen and oxygen atoms in total. The van der Waals surface area contributed by atoms with E-state index in [1.165, 1.54) is 29.5 Å². The lowest BCUT2D eigenvalue weighted by Gasteiger charge is -2.23. The van der Waals surface area contributed by atoms with Gasteiger partial charge in [0.15, 0.2) is 11.5 Å². The first-order valence-corrected chi connectivity index (χ1v) is 10.9. The highest BCUT2D eigenvalue weighted by molar-refractivity contribution is 7.18. The molecule has 0 radical (unpaired) electrons. The maximum Gasteiger partial charge on any atom is 0.252 e. The lowest BCUT2D eigenvalue weighted by atomic mass is 9.98. The summed E-state index contributed by atoms with van der Waals surface area (Å²) in [4.78, 5) is 25.5. The van der Waals surface area contributed by atoms with Gasteiger partial charge in [0.05, 0.1) is 0 Å². The Labute approximate surface area is 187 Å². The van der Waals surface area contributed by atoms with Gasteiger partial charge in [0.25, 0.3) is 5.91 Å². The molecule has 2 N–H and O–H groups in total. The number of nitrogens with one attached hydrogen (secondary N) is 2. The smallest absolute Gasteiger partial charge is 0.252 e. The van der Waals surface area contributed by atoms with Crippen LogP contribution in [0.3, 0.4) is 0 Å². The van der Waals surface area contributed by atoms with Crippen molar-refractivity contribution in [3.8, 4) is 22.1 Å². The third kappa shape index (κ3) is 4.70. The first-order chi connectivity index (χ1) is 15.4. The molecule has 0 aliphatic carbocycles. The van der Waals surface area contributed by atoms with Crippen molar-refractivity contribution in [2.45, 2.75) is 26.3 Å². The fourth-order valence-electron chi connectivity index (χ4n) is 3.16. The highest BCUT2D eigenvalue weighted by Crippen LogP contribution is 2.37. The van der Waals surface area contributed by atoms with Crippen molar-refractivity contribution in [3.63, 3.8) is 0 Å². The van der Waals surface area contributed by atoms with E-state index in [0.29, 0.717) is 28.1 Å². The van der Waals surface area contributed by atoms with Crippen LogP contribution in [0.4, 0.5) is 9.52 Å². The summed E-state index contributed by atoms with van der Waals surface area (Å²) in [6.45, 7) is 3.95. The molecule has 0 saturated heterocycles. The van der Waals surface area contributed by atoms with Crippen LogP contribution in [0, 0.1) is 11.7 Å². The van der Waals surface area contributed by atoms with Crippen molar-refractivity contribution in [2.24, 2.45) is 5.92 Å². The maximum absolute atomic E-state index is 13.5. The van der Waals surface area contributed by atoms with E-state index < -0.39 is 23.7 Å². The summed E-state index contributed by atoms with van der Waals surface area (Å²) in [6.07, 6.45) is 0.653. The van der Waals surface area contributed by atoms with Gasteiger partial charge in [0, 0.05) is 11.1 Å². The quantitative estimate of drug-likeness (QED) is 0.560. The second-order valence-corrected chi connectivity index (χ2v) is 8.29. The molecule has 32 heavy (non-hydrogen) atoms. The average Bonchev–Trinajstić information content (AvgIpc) is 3.45. The van der Waals surface area contributed by atoms with Gasteiger partial charge in [0.1, 0.15) is 16.9 Å². The first kappa shape index (κ1) is 21.7. The van der Waals surface area contributed by atoms with E-state index in [0.717, 1.165) is 11.6 Å². The summed E-state index contributed by atoms with van der Waals surface area (Å²) < 4.78 is 24.2. The predicted molar refractivity (Wildman–Crippen MR) is 117 cm³/mol. The molecule has 0 saturated carbocycles. The van der Waals surface area contributed by atoms with Gasteiger partial charge in [-0.3, -0.25) is 14.9 Å². The third-order valence-corrected chi connectivity index (χ3v) is 6.03. The highest BCUT2D eigenvalue weighted by Gasteiger charge is 2.27. The summed E-state index contributed by atoms with van der Waals surface area (Å²) in [7, 11) is 0. The van der Waals surface area contributed by atoms with Crippen LogP contribution in [0.5, 0.6) is 11.5 Å². The SMILES string of the molecule is CCC(C)C(NC(=O)c1cccc(F)c1)C(=O)Nc1nnc(-c2ccc3c(c2)OCO3)s1. The normalized spacial score (nSPS) is 14.0. The Hall–Kier alpha value is -3.53. The number of amides is 2. The van der Waals surface area contributed by atoms with Crippen molar-refractivity contribution in [1.82, 2.24) is 15.5 Å². The van der Waals surface area contributed by atoms with Crippen LogP contribution in [0.2, 0.25) is 0 Å². The number of carbonyl (C=O) groups is 2. The van der Waals surface area contributed by atoms with Crippen molar-refractivity contribution >= 4 is 28.3 Å². The molecule has 0 bridgehead atoms. The average molecular weight is 456 g/mol. The minimum atomic E-state index is -0.825. The van der Waals surface area contributed by atoms with E-state index in [1.54, 1.807) is 12.1 Å². The number of benzene rings is 2. The molecule has 2 atom stereocenters. The molecule has 4 rings (SSSR count). The molecule has 10 heteroatoms. The molecule has 166 valence electrons. The zero-order chi connectivity index (χ0) is 22.7. The highest BCUT2D eigenvalue weighted by atomic mass is 32.1. The number of carbonyl (C=O) groups excluding carboxylic acids is 2. The van der Waals surface area contributed by atoms with Crippen LogP contribution in [0.1, 0.15) is 30.6 Å². The number of nitrogens with zero attached hydrogens (tertiary/aromatic N) is 2. The number of anilines is 1. The molecule has 2 unspecified atom stereocenters. The van der Waals surface area contributed by atoms with Gasteiger partial charge < -0.3 is 14.8 Å². The van der Waals surface area contributed by atoms with Crippen molar-refractivity contribution in [2.75, 3.05) is 12.1 Å². The minimum Gasteiger partial charge on any atom is -0.454 e. The molecular formula is C22H21FN4O4S. The molecule has 3 aromatic rings. The van der Waals surface area contributed by atoms with Gasteiger partial charge in [-0.1, -0.05) is 37.7 Å². The number of aromatic nitrogens is 2. The van der Waals surface area contributed by atoms with Gasteiger partial charge in [-0.05, 0) is 42.3 Å². The summed E-state index contributed by atoms with van der Waals surface area (Å²) in [5.41, 5.74) is 0.928. The summed E-state index contributed by atoms with van der Waals surface area (Å²) >= 11 is 1.20. The zero-order valence-corrected chi connectivity index (χ0v) is 18.2. The first-order valence-electron chi connectivity index (χ1n) is 10.1.